The molecular weight excluding hydrogens is 172 g/mol. The van der Waals surface area contributed by atoms with Crippen LogP contribution in [0.2, 0.25) is 0 Å². The molecule has 0 atom stereocenters. The molecule has 2 N–H and O–H groups in total. The number of carbonyl (C=O) groups excluding carboxylic acids is 1. The Hall–Kier alpha value is -1.69. The molecule has 13 heavy (non-hydrogen) atoms. The summed E-state index contributed by atoms with van der Waals surface area (Å²) in [5.41, 5.74) is 2.06. The molecule has 0 bridgehead atoms. The van der Waals surface area contributed by atoms with Crippen molar-refractivity contribution >= 4 is 11.7 Å². The van der Waals surface area contributed by atoms with E-state index in [1.807, 2.05) is 5.48 Å². The van der Waals surface area contributed by atoms with Crippen LogP contribution in [0, 0.1) is 0 Å². The number of nitrogens with one attached hydrogen (secondary N) is 1. The molecule has 0 saturated heterocycles. The van der Waals surface area contributed by atoms with E-state index in [2.05, 4.69) is 10.2 Å². The van der Waals surface area contributed by atoms with E-state index in [1.165, 1.54) is 17.0 Å². The highest BCUT2D eigenvalue weighted by Gasteiger charge is 2.09. The Morgan fingerprint density at radius 2 is 2.15 bits per heavy atom. The summed E-state index contributed by atoms with van der Waals surface area (Å²) in [6, 6.07) is 2.94. The predicted octanol–water partition coefficient (Wildman–Crippen LogP) is -0.0205. The van der Waals surface area contributed by atoms with E-state index in [-0.39, 0.29) is 17.4 Å². The second kappa shape index (κ2) is 3.81. The molecule has 0 aliphatic carbocycles. The lowest BCUT2D eigenvalue weighted by molar-refractivity contribution is 0.0821. The molecule has 0 aromatic carbocycles. The van der Waals surface area contributed by atoms with E-state index in [0.29, 0.717) is 0 Å². The number of rotatable bonds is 2. The molecule has 0 aliphatic rings. The maximum atomic E-state index is 11.3. The van der Waals surface area contributed by atoms with Crippen molar-refractivity contribution in [2.75, 3.05) is 19.6 Å². The maximum Gasteiger partial charge on any atom is 0.273 e. The van der Waals surface area contributed by atoms with Crippen LogP contribution in [-0.2, 0) is 0 Å². The van der Waals surface area contributed by atoms with Gasteiger partial charge in [0.2, 0.25) is 0 Å². The molecule has 0 fully saturated rings. The van der Waals surface area contributed by atoms with E-state index >= 15 is 0 Å². The summed E-state index contributed by atoms with van der Waals surface area (Å²) < 4.78 is 0. The second-order valence-electron chi connectivity index (χ2n) is 2.62. The molecule has 6 nitrogen and oxygen atoms in total. The van der Waals surface area contributed by atoms with Crippen molar-refractivity contribution in [1.82, 2.24) is 15.1 Å². The Morgan fingerprint density at radius 3 is 2.54 bits per heavy atom. The van der Waals surface area contributed by atoms with Crippen LogP contribution in [0.5, 0.6) is 0 Å². The van der Waals surface area contributed by atoms with Gasteiger partial charge in [-0.15, -0.1) is 10.2 Å². The van der Waals surface area contributed by atoms with Gasteiger partial charge in [-0.1, -0.05) is 0 Å². The van der Waals surface area contributed by atoms with Gasteiger partial charge in [-0.25, -0.2) is 0 Å². The Kier molecular flexibility index (Phi) is 2.76. The Labute approximate surface area is 75.2 Å². The molecule has 1 aromatic heterocycles. The van der Waals surface area contributed by atoms with Crippen LogP contribution in [0.25, 0.3) is 0 Å². The number of nitrogens with zero attached hydrogens (tertiary/aromatic N) is 3. The average molecular weight is 182 g/mol. The van der Waals surface area contributed by atoms with Crippen molar-refractivity contribution in [3.63, 3.8) is 0 Å². The number of carbonyl (C=O) groups is 1. The summed E-state index contributed by atoms with van der Waals surface area (Å²) in [7, 11) is 3.25. The predicted molar refractivity (Wildman–Crippen MR) is 45.5 cm³/mol. The van der Waals surface area contributed by atoms with E-state index in [0.717, 1.165) is 0 Å². The Morgan fingerprint density at radius 1 is 1.46 bits per heavy atom. The third-order valence-electron chi connectivity index (χ3n) is 1.40. The Bertz CT molecular complexity index is 296. The van der Waals surface area contributed by atoms with Gasteiger partial charge in [0, 0.05) is 14.1 Å². The molecule has 1 aromatic rings. The zero-order valence-corrected chi connectivity index (χ0v) is 7.35. The third-order valence-corrected chi connectivity index (χ3v) is 1.40. The quantitative estimate of drug-likeness (QED) is 0.628. The Balaban J connectivity index is 2.86. The van der Waals surface area contributed by atoms with Crippen molar-refractivity contribution in [1.29, 1.82) is 0 Å². The summed E-state index contributed by atoms with van der Waals surface area (Å²) in [6.07, 6.45) is 0. The smallest absolute Gasteiger partial charge is 0.273 e. The fraction of sp³-hybridized carbons (Fsp3) is 0.286. The largest absolute Gasteiger partial charge is 0.343 e. The number of amides is 1. The first-order valence-corrected chi connectivity index (χ1v) is 3.60. The third kappa shape index (κ3) is 2.12. The maximum absolute atomic E-state index is 11.3. The fourth-order valence-corrected chi connectivity index (χ4v) is 0.735. The summed E-state index contributed by atoms with van der Waals surface area (Å²) in [5.74, 6) is -0.0210. The van der Waals surface area contributed by atoms with Crippen molar-refractivity contribution in [2.45, 2.75) is 0 Å². The fourth-order valence-electron chi connectivity index (χ4n) is 0.735. The van der Waals surface area contributed by atoms with Gasteiger partial charge < -0.3 is 4.90 Å². The lowest BCUT2D eigenvalue weighted by Gasteiger charge is -2.08. The second-order valence-corrected chi connectivity index (χ2v) is 2.62. The van der Waals surface area contributed by atoms with Gasteiger partial charge >= 0.3 is 0 Å². The van der Waals surface area contributed by atoms with Gasteiger partial charge in [0.15, 0.2) is 11.5 Å². The van der Waals surface area contributed by atoms with E-state index in [4.69, 9.17) is 5.21 Å². The van der Waals surface area contributed by atoms with Crippen molar-refractivity contribution < 1.29 is 10.0 Å². The molecule has 0 aliphatic heterocycles. The first-order valence-electron chi connectivity index (χ1n) is 3.60. The monoisotopic (exact) mass is 182 g/mol. The lowest BCUT2D eigenvalue weighted by Crippen LogP contribution is -2.23. The van der Waals surface area contributed by atoms with Gasteiger partial charge in [-0.2, -0.15) is 0 Å². The van der Waals surface area contributed by atoms with E-state index < -0.39 is 0 Å². The van der Waals surface area contributed by atoms with Gasteiger partial charge in [-0.3, -0.25) is 15.5 Å². The SMILES string of the molecule is CN(C)C(=O)c1ccc(NO)nn1. The number of anilines is 1. The van der Waals surface area contributed by atoms with Crippen molar-refractivity contribution in [2.24, 2.45) is 0 Å². The normalized spacial score (nSPS) is 9.46. The molecule has 1 amide bonds. The molecule has 0 spiro atoms. The van der Waals surface area contributed by atoms with Gasteiger partial charge in [-0.05, 0) is 12.1 Å². The van der Waals surface area contributed by atoms with Gasteiger partial charge in [0.05, 0.1) is 0 Å². The van der Waals surface area contributed by atoms with Gasteiger partial charge in [0.25, 0.3) is 5.91 Å². The zero-order chi connectivity index (χ0) is 9.84. The number of aromatic nitrogens is 2. The van der Waals surface area contributed by atoms with Crippen LogP contribution in [-0.4, -0.2) is 40.3 Å². The highest BCUT2D eigenvalue weighted by molar-refractivity contribution is 5.91. The molecule has 0 saturated carbocycles. The van der Waals surface area contributed by atoms with Crippen molar-refractivity contribution in [3.05, 3.63) is 17.8 Å². The van der Waals surface area contributed by atoms with Crippen LogP contribution < -0.4 is 5.48 Å². The minimum Gasteiger partial charge on any atom is -0.343 e. The molecule has 1 heterocycles. The van der Waals surface area contributed by atoms with Crippen LogP contribution in [0.15, 0.2) is 12.1 Å². The van der Waals surface area contributed by atoms with Crippen molar-refractivity contribution in [3.8, 4) is 0 Å². The first kappa shape index (κ1) is 9.40. The van der Waals surface area contributed by atoms with Crippen LogP contribution in [0.4, 0.5) is 5.82 Å². The molecule has 0 radical (unpaired) electrons. The van der Waals surface area contributed by atoms with E-state index in [9.17, 15) is 4.79 Å². The first-order chi connectivity index (χ1) is 6.15. The summed E-state index contributed by atoms with van der Waals surface area (Å²) in [4.78, 5) is 12.7. The highest BCUT2D eigenvalue weighted by atomic mass is 16.5. The van der Waals surface area contributed by atoms with Crippen LogP contribution in [0.1, 0.15) is 10.5 Å². The highest BCUT2D eigenvalue weighted by Crippen LogP contribution is 2.01. The standard InChI is InChI=1S/C7H10N4O2/c1-11(2)7(12)5-3-4-6(10-13)9-8-5/h3-4,13H,1-2H3,(H,9,10). The molecule has 1 rings (SSSR count). The minimum absolute atomic E-state index is 0.204. The average Bonchev–Trinajstić information content (AvgIpc) is 2.17. The van der Waals surface area contributed by atoms with E-state index in [1.54, 1.807) is 14.1 Å². The van der Waals surface area contributed by atoms with Crippen LogP contribution >= 0.6 is 0 Å². The molecule has 70 valence electrons. The number of hydrogen-bond donors (Lipinski definition) is 2. The zero-order valence-electron chi connectivity index (χ0n) is 7.35. The summed E-state index contributed by atoms with van der Waals surface area (Å²) in [5, 5.41) is 15.6. The van der Waals surface area contributed by atoms with Crippen LogP contribution in [0.3, 0.4) is 0 Å². The summed E-state index contributed by atoms with van der Waals surface area (Å²) >= 11 is 0. The summed E-state index contributed by atoms with van der Waals surface area (Å²) in [6.45, 7) is 0. The molecule has 0 unspecified atom stereocenters. The number of hydrogen-bond acceptors (Lipinski definition) is 5. The van der Waals surface area contributed by atoms with Gasteiger partial charge in [0.1, 0.15) is 0 Å². The molecular formula is C7H10N4O2. The molecule has 6 heteroatoms. The minimum atomic E-state index is -0.225. The topological polar surface area (TPSA) is 78.4 Å². The lowest BCUT2D eigenvalue weighted by atomic mass is 10.3.